The molecule has 3 aliphatic heterocycles. The Morgan fingerprint density at radius 1 is 0.667 bits per heavy atom. The smallest absolute Gasteiger partial charge is 0.340 e. The maximum absolute atomic E-state index is 13.5. The van der Waals surface area contributed by atoms with E-state index in [0.717, 1.165) is 11.1 Å². The molecule has 15 atom stereocenters. The third kappa shape index (κ3) is 9.52. The summed E-state index contributed by atoms with van der Waals surface area (Å²) in [6.07, 6.45) is -18.5. The van der Waals surface area contributed by atoms with Crippen LogP contribution in [0.15, 0.2) is 35.4 Å². The largest absolute Gasteiger partial charge is 0.461 e. The summed E-state index contributed by atoms with van der Waals surface area (Å²) in [7, 11) is 0. The van der Waals surface area contributed by atoms with Gasteiger partial charge in [0.15, 0.2) is 12.4 Å². The Hall–Kier alpha value is -2.55. The number of benzene rings is 1. The van der Waals surface area contributed by atoms with Gasteiger partial charge in [-0.25, -0.2) is 4.79 Å². The second kappa shape index (κ2) is 17.5. The van der Waals surface area contributed by atoms with E-state index in [4.69, 9.17) is 28.4 Å². The Balaban J connectivity index is 1.75. The molecular weight excluding hydrogens is 676 g/mol. The summed E-state index contributed by atoms with van der Waals surface area (Å²) in [6, 6.07) is 2.96. The Labute approximate surface area is 296 Å². The summed E-state index contributed by atoms with van der Waals surface area (Å²) in [6.45, 7) is 9.65. The van der Waals surface area contributed by atoms with Gasteiger partial charge in [-0.1, -0.05) is 23.3 Å². The summed E-state index contributed by atoms with van der Waals surface area (Å²) in [5, 5.41) is 93.8. The molecule has 51 heavy (non-hydrogen) atoms. The van der Waals surface area contributed by atoms with Crippen LogP contribution in [0.5, 0.6) is 5.75 Å². The number of carbonyl (C=O) groups is 1. The molecule has 288 valence electrons. The molecule has 3 saturated heterocycles. The summed E-state index contributed by atoms with van der Waals surface area (Å²) in [5.41, 5.74) is 2.74. The highest BCUT2D eigenvalue weighted by molar-refractivity contribution is 5.90. The van der Waals surface area contributed by atoms with Gasteiger partial charge in [-0.3, -0.25) is 0 Å². The minimum absolute atomic E-state index is 0.0297. The lowest BCUT2D eigenvalue weighted by Crippen LogP contribution is -2.64. The number of allylic oxidation sites excluding steroid dienone is 4. The van der Waals surface area contributed by atoms with Crippen molar-refractivity contribution in [3.63, 3.8) is 0 Å². The highest BCUT2D eigenvalue weighted by Crippen LogP contribution is 2.35. The lowest BCUT2D eigenvalue weighted by molar-refractivity contribution is -0.354. The minimum atomic E-state index is -1.76. The highest BCUT2D eigenvalue weighted by Gasteiger charge is 2.51. The number of carbonyl (C=O) groups excluding carboxylic acids is 1. The van der Waals surface area contributed by atoms with E-state index >= 15 is 0 Å². The van der Waals surface area contributed by atoms with Crippen molar-refractivity contribution in [3.8, 4) is 5.75 Å². The van der Waals surface area contributed by atoms with E-state index < -0.39 is 105 Å². The maximum Gasteiger partial charge on any atom is 0.340 e. The fourth-order valence-electron chi connectivity index (χ4n) is 5.93. The molecule has 0 saturated carbocycles. The third-order valence-electron chi connectivity index (χ3n) is 9.13. The zero-order valence-electron chi connectivity index (χ0n) is 29.5. The van der Waals surface area contributed by atoms with Gasteiger partial charge in [0.05, 0.1) is 24.4 Å². The van der Waals surface area contributed by atoms with Crippen molar-refractivity contribution in [2.75, 3.05) is 6.61 Å². The van der Waals surface area contributed by atoms with Crippen molar-refractivity contribution in [1.29, 1.82) is 0 Å². The van der Waals surface area contributed by atoms with E-state index in [0.29, 0.717) is 11.1 Å². The number of hydrogen-bond acceptors (Lipinski definition) is 16. The molecule has 0 aromatic heterocycles. The van der Waals surface area contributed by atoms with E-state index in [9.17, 15) is 50.8 Å². The molecule has 0 amide bonds. The first-order chi connectivity index (χ1) is 23.9. The SMILES string of the molecule is CC(C)=CCc1cc(C(=O)O[C@@H]2O[C@@H](C)[C@H](O)[C@@H](O)[C@H]2O)cc(CC=C(C)C)c1O[C@@H]1O[C@H](CO)[C@@H](O)[C@H](O)[C@H]1O[C@@H]1O[C@@H](C)[C@H](O)[C@@H](O)[C@H]1O. The monoisotopic (exact) mass is 728 g/mol. The van der Waals surface area contributed by atoms with Crippen molar-refractivity contribution in [1.82, 2.24) is 0 Å². The molecule has 3 fully saturated rings. The number of esters is 1. The number of aliphatic hydroxyl groups excluding tert-OH is 9. The molecule has 0 unspecified atom stereocenters. The molecule has 4 rings (SSSR count). The topological polar surface area (TPSA) is 255 Å². The first-order valence-corrected chi connectivity index (χ1v) is 16.9. The molecule has 16 nitrogen and oxygen atoms in total. The Morgan fingerprint density at radius 3 is 1.65 bits per heavy atom. The van der Waals surface area contributed by atoms with Crippen LogP contribution < -0.4 is 4.74 Å². The van der Waals surface area contributed by atoms with Crippen molar-refractivity contribution in [2.24, 2.45) is 0 Å². The average Bonchev–Trinajstić information content (AvgIpc) is 3.08. The van der Waals surface area contributed by atoms with Crippen LogP contribution in [0.25, 0.3) is 0 Å². The normalized spacial score (nSPS) is 38.5. The van der Waals surface area contributed by atoms with Crippen LogP contribution in [0, 0.1) is 0 Å². The number of ether oxygens (including phenoxy) is 6. The van der Waals surface area contributed by atoms with Crippen molar-refractivity contribution in [3.05, 3.63) is 52.1 Å². The van der Waals surface area contributed by atoms with Gasteiger partial charge >= 0.3 is 5.97 Å². The second-order valence-corrected chi connectivity index (χ2v) is 13.8. The first kappa shape index (κ1) is 41.2. The second-order valence-electron chi connectivity index (χ2n) is 13.8. The Kier molecular flexibility index (Phi) is 14.2. The molecule has 1 aromatic carbocycles. The van der Waals surface area contributed by atoms with E-state index in [1.54, 1.807) is 0 Å². The molecule has 0 bridgehead atoms. The molecule has 1 aromatic rings. The van der Waals surface area contributed by atoms with Gasteiger partial charge in [-0.2, -0.15) is 0 Å². The number of rotatable bonds is 11. The minimum Gasteiger partial charge on any atom is -0.461 e. The fraction of sp³-hybridized carbons (Fsp3) is 0.686. The molecule has 0 radical (unpaired) electrons. The van der Waals surface area contributed by atoms with Gasteiger partial charge in [0.1, 0.15) is 60.7 Å². The van der Waals surface area contributed by atoms with Gasteiger partial charge in [-0.05, 0) is 77.6 Å². The van der Waals surface area contributed by atoms with Gasteiger partial charge < -0.3 is 74.4 Å². The van der Waals surface area contributed by atoms with Crippen LogP contribution in [0.2, 0.25) is 0 Å². The average molecular weight is 729 g/mol. The van der Waals surface area contributed by atoms with Crippen LogP contribution in [0.1, 0.15) is 63.0 Å². The quantitative estimate of drug-likeness (QED) is 0.0950. The van der Waals surface area contributed by atoms with Crippen LogP contribution in [0.3, 0.4) is 0 Å². The summed E-state index contributed by atoms with van der Waals surface area (Å²) in [4.78, 5) is 13.5. The summed E-state index contributed by atoms with van der Waals surface area (Å²) in [5.74, 6) is -0.721. The van der Waals surface area contributed by atoms with E-state index in [1.165, 1.54) is 26.0 Å². The van der Waals surface area contributed by atoms with Gasteiger partial charge in [0, 0.05) is 0 Å². The molecule has 3 aliphatic rings. The molecule has 9 N–H and O–H groups in total. The van der Waals surface area contributed by atoms with Crippen LogP contribution in [-0.4, -0.2) is 151 Å². The van der Waals surface area contributed by atoms with Crippen LogP contribution in [0.4, 0.5) is 0 Å². The predicted molar refractivity (Wildman–Crippen MR) is 176 cm³/mol. The molecular formula is C35H52O16. The number of hydrogen-bond donors (Lipinski definition) is 9. The van der Waals surface area contributed by atoms with E-state index in [2.05, 4.69) is 0 Å². The van der Waals surface area contributed by atoms with Crippen LogP contribution in [-0.2, 0) is 36.5 Å². The lowest BCUT2D eigenvalue weighted by atomic mass is 9.96. The standard InChI is InChI=1S/C35H52O16/c1-14(2)7-9-18-11-20(32(45)51-34-29(44)26(41)23(38)17(6)47-34)12-19(10-8-15(3)4)30(18)49-35-31(27(42)24(39)21(13-36)48-35)50-33-28(43)25(40)22(37)16(5)46-33/h7-8,11-12,16-17,21-29,31,33-44H,9-10,13H2,1-6H3/t16-,17-,21+,22-,23-,24+,25+,26+,27-,28+,29+,31+,33-,34-,35-/m0/s1. The number of aliphatic hydroxyl groups is 9. The molecule has 0 aliphatic carbocycles. The maximum atomic E-state index is 13.5. The van der Waals surface area contributed by atoms with Crippen LogP contribution >= 0.6 is 0 Å². The van der Waals surface area contributed by atoms with Gasteiger partial charge in [-0.15, -0.1) is 0 Å². The Bertz CT molecular complexity index is 1350. The third-order valence-corrected chi connectivity index (χ3v) is 9.13. The lowest BCUT2D eigenvalue weighted by Gasteiger charge is -2.45. The van der Waals surface area contributed by atoms with E-state index in [1.807, 2.05) is 39.8 Å². The van der Waals surface area contributed by atoms with Crippen molar-refractivity contribution < 1.29 is 79.2 Å². The van der Waals surface area contributed by atoms with Crippen molar-refractivity contribution >= 4 is 5.97 Å². The molecule has 16 heteroatoms. The molecule has 0 spiro atoms. The first-order valence-electron chi connectivity index (χ1n) is 16.9. The summed E-state index contributed by atoms with van der Waals surface area (Å²) >= 11 is 0. The van der Waals surface area contributed by atoms with Crippen molar-refractivity contribution in [2.45, 2.75) is 147 Å². The predicted octanol–water partition coefficient (Wildman–Crippen LogP) is -1.28. The van der Waals surface area contributed by atoms with Gasteiger partial charge in [0.2, 0.25) is 12.6 Å². The van der Waals surface area contributed by atoms with Gasteiger partial charge in [0.25, 0.3) is 0 Å². The van der Waals surface area contributed by atoms with E-state index in [-0.39, 0.29) is 24.2 Å². The fourth-order valence-corrected chi connectivity index (χ4v) is 5.93. The zero-order chi connectivity index (χ0) is 37.9. The molecule has 3 heterocycles. The Morgan fingerprint density at radius 2 is 1.16 bits per heavy atom. The zero-order valence-corrected chi connectivity index (χ0v) is 29.5. The highest BCUT2D eigenvalue weighted by atomic mass is 16.8. The summed E-state index contributed by atoms with van der Waals surface area (Å²) < 4.78 is 34.7.